The van der Waals surface area contributed by atoms with E-state index in [1.807, 2.05) is 43.9 Å². The van der Waals surface area contributed by atoms with Gasteiger partial charge in [0.1, 0.15) is 0 Å². The number of hydrogen-bond acceptors (Lipinski definition) is 5. The van der Waals surface area contributed by atoms with E-state index in [9.17, 15) is 4.79 Å². The van der Waals surface area contributed by atoms with Gasteiger partial charge in [0.05, 0.1) is 16.8 Å². The zero-order valence-corrected chi connectivity index (χ0v) is 12.8. The summed E-state index contributed by atoms with van der Waals surface area (Å²) in [6.45, 7) is 6.98. The van der Waals surface area contributed by atoms with Gasteiger partial charge in [0, 0.05) is 18.3 Å². The average molecular weight is 292 g/mol. The summed E-state index contributed by atoms with van der Waals surface area (Å²) in [5.74, 6) is 0.0145. The van der Waals surface area contributed by atoms with Gasteiger partial charge >= 0.3 is 0 Å². The third kappa shape index (κ3) is 3.39. The summed E-state index contributed by atoms with van der Waals surface area (Å²) in [6, 6.07) is 5.81. The molecule has 1 amide bonds. The number of likely N-dealkylation sites (N-methyl/N-ethyl adjacent to an activating group) is 1. The zero-order valence-electron chi connectivity index (χ0n) is 12.0. The predicted octanol–water partition coefficient (Wildman–Crippen LogP) is 2.23. The van der Waals surface area contributed by atoms with Crippen molar-refractivity contribution < 1.29 is 4.79 Å². The summed E-state index contributed by atoms with van der Waals surface area (Å²) >= 11 is 1.56. The number of rotatable bonds is 5. The number of carbonyl (C=O) groups excluding carboxylic acids is 1. The lowest BCUT2D eigenvalue weighted by Gasteiger charge is -2.19. The third-order valence-electron chi connectivity index (χ3n) is 2.84. The van der Waals surface area contributed by atoms with Gasteiger partial charge in [-0.25, -0.2) is 4.98 Å². The molecular weight excluding hydrogens is 272 g/mol. The zero-order chi connectivity index (χ0) is 14.7. The first-order valence-corrected chi connectivity index (χ1v) is 7.51. The lowest BCUT2D eigenvalue weighted by atomic mass is 10.3. The van der Waals surface area contributed by atoms with Crippen LogP contribution in [0.25, 0.3) is 10.2 Å². The Kier molecular flexibility index (Phi) is 4.44. The molecule has 5 nitrogen and oxygen atoms in total. The van der Waals surface area contributed by atoms with E-state index in [4.69, 9.17) is 5.73 Å². The van der Waals surface area contributed by atoms with Crippen molar-refractivity contribution in [2.75, 3.05) is 23.7 Å². The van der Waals surface area contributed by atoms with E-state index in [-0.39, 0.29) is 11.9 Å². The van der Waals surface area contributed by atoms with E-state index in [1.54, 1.807) is 11.3 Å². The second kappa shape index (κ2) is 6.09. The van der Waals surface area contributed by atoms with Crippen LogP contribution in [0.15, 0.2) is 18.2 Å². The number of nitrogens with one attached hydrogen (secondary N) is 1. The first-order chi connectivity index (χ1) is 9.49. The first kappa shape index (κ1) is 14.6. The molecule has 0 radical (unpaired) electrons. The summed E-state index contributed by atoms with van der Waals surface area (Å²) < 4.78 is 1.04. The minimum Gasteiger partial charge on any atom is -0.399 e. The average Bonchev–Trinajstić information content (AvgIpc) is 2.77. The van der Waals surface area contributed by atoms with Gasteiger partial charge < -0.3 is 16.0 Å². The van der Waals surface area contributed by atoms with Crippen LogP contribution < -0.4 is 16.0 Å². The van der Waals surface area contributed by atoms with Crippen LogP contribution in [0.1, 0.15) is 20.8 Å². The van der Waals surface area contributed by atoms with Crippen molar-refractivity contribution >= 4 is 38.3 Å². The molecule has 0 bridgehead atoms. The molecule has 3 N–H and O–H groups in total. The molecule has 0 aliphatic carbocycles. The van der Waals surface area contributed by atoms with Crippen LogP contribution in [-0.2, 0) is 4.79 Å². The Morgan fingerprint density at radius 3 is 2.90 bits per heavy atom. The summed E-state index contributed by atoms with van der Waals surface area (Å²) in [6.07, 6.45) is 0. The molecule has 0 spiro atoms. The van der Waals surface area contributed by atoms with Crippen molar-refractivity contribution in [3.05, 3.63) is 18.2 Å². The molecule has 0 saturated heterocycles. The minimum absolute atomic E-state index is 0.0145. The van der Waals surface area contributed by atoms with Gasteiger partial charge in [-0.15, -0.1) is 0 Å². The van der Waals surface area contributed by atoms with E-state index in [0.29, 0.717) is 6.54 Å². The number of nitrogen functional groups attached to an aromatic ring is 1. The number of carbonyl (C=O) groups is 1. The molecule has 0 unspecified atom stereocenters. The van der Waals surface area contributed by atoms with E-state index in [0.717, 1.165) is 27.6 Å². The Labute approximate surface area is 122 Å². The van der Waals surface area contributed by atoms with Crippen LogP contribution in [0.5, 0.6) is 0 Å². The number of hydrogen-bond donors (Lipinski definition) is 2. The predicted molar refractivity (Wildman–Crippen MR) is 85.2 cm³/mol. The summed E-state index contributed by atoms with van der Waals surface area (Å²) in [4.78, 5) is 18.4. The quantitative estimate of drug-likeness (QED) is 0.829. The molecule has 2 rings (SSSR count). The van der Waals surface area contributed by atoms with Gasteiger partial charge in [-0.1, -0.05) is 11.3 Å². The topological polar surface area (TPSA) is 71.2 Å². The number of amides is 1. The van der Waals surface area contributed by atoms with Gasteiger partial charge in [-0.2, -0.15) is 0 Å². The maximum absolute atomic E-state index is 11.9. The lowest BCUT2D eigenvalue weighted by Crippen LogP contribution is -2.40. The van der Waals surface area contributed by atoms with Crippen molar-refractivity contribution in [1.82, 2.24) is 10.3 Å². The number of anilines is 2. The molecule has 0 aliphatic heterocycles. The standard InChI is InChI=1S/C14H20N4OS/c1-4-18(8-13(19)16-9(2)3)14-17-11-6-5-10(15)7-12(11)20-14/h5-7,9H,4,8,15H2,1-3H3,(H,16,19). The van der Waals surface area contributed by atoms with Crippen molar-refractivity contribution in [2.24, 2.45) is 0 Å². The Morgan fingerprint density at radius 1 is 1.50 bits per heavy atom. The highest BCUT2D eigenvalue weighted by Crippen LogP contribution is 2.29. The summed E-state index contributed by atoms with van der Waals surface area (Å²) in [5.41, 5.74) is 7.43. The molecule has 6 heteroatoms. The highest BCUT2D eigenvalue weighted by molar-refractivity contribution is 7.22. The second-order valence-electron chi connectivity index (χ2n) is 4.96. The number of thiazole rings is 1. The van der Waals surface area contributed by atoms with Crippen LogP contribution >= 0.6 is 11.3 Å². The van der Waals surface area contributed by atoms with Crippen molar-refractivity contribution in [1.29, 1.82) is 0 Å². The molecule has 1 aromatic heterocycles. The van der Waals surface area contributed by atoms with Gasteiger partial charge in [0.15, 0.2) is 5.13 Å². The van der Waals surface area contributed by atoms with Gasteiger partial charge in [0.25, 0.3) is 0 Å². The highest BCUT2D eigenvalue weighted by Gasteiger charge is 2.14. The Morgan fingerprint density at radius 2 is 2.25 bits per heavy atom. The first-order valence-electron chi connectivity index (χ1n) is 6.70. The van der Waals surface area contributed by atoms with Crippen LogP contribution in [0.4, 0.5) is 10.8 Å². The normalized spacial score (nSPS) is 11.0. The van der Waals surface area contributed by atoms with Crippen molar-refractivity contribution in [3.8, 4) is 0 Å². The Bertz CT molecular complexity index is 608. The van der Waals surface area contributed by atoms with Crippen LogP contribution in [0, 0.1) is 0 Å². The van der Waals surface area contributed by atoms with Crippen molar-refractivity contribution in [2.45, 2.75) is 26.8 Å². The maximum atomic E-state index is 11.9. The number of fused-ring (bicyclic) bond motifs is 1. The van der Waals surface area contributed by atoms with Crippen LogP contribution in [-0.4, -0.2) is 30.0 Å². The third-order valence-corrected chi connectivity index (χ3v) is 3.92. The number of nitrogens with two attached hydrogens (primary N) is 1. The Balaban J connectivity index is 2.18. The second-order valence-corrected chi connectivity index (χ2v) is 5.97. The smallest absolute Gasteiger partial charge is 0.239 e. The lowest BCUT2D eigenvalue weighted by molar-refractivity contribution is -0.120. The number of aromatic nitrogens is 1. The number of benzene rings is 1. The van der Waals surface area contributed by atoms with Crippen LogP contribution in [0.3, 0.4) is 0 Å². The molecule has 108 valence electrons. The molecule has 1 heterocycles. The molecule has 0 atom stereocenters. The molecule has 0 fully saturated rings. The maximum Gasteiger partial charge on any atom is 0.239 e. The van der Waals surface area contributed by atoms with Crippen LogP contribution in [0.2, 0.25) is 0 Å². The van der Waals surface area contributed by atoms with E-state index < -0.39 is 0 Å². The highest BCUT2D eigenvalue weighted by atomic mass is 32.1. The molecule has 20 heavy (non-hydrogen) atoms. The summed E-state index contributed by atoms with van der Waals surface area (Å²) in [7, 11) is 0. The molecule has 0 saturated carbocycles. The fourth-order valence-corrected chi connectivity index (χ4v) is 3.00. The van der Waals surface area contributed by atoms with E-state index in [2.05, 4.69) is 10.3 Å². The monoisotopic (exact) mass is 292 g/mol. The Hall–Kier alpha value is -1.82. The van der Waals surface area contributed by atoms with Gasteiger partial charge in [-0.3, -0.25) is 4.79 Å². The SMILES string of the molecule is CCN(CC(=O)NC(C)C)c1nc2ccc(N)cc2s1. The minimum atomic E-state index is 0.0145. The van der Waals surface area contributed by atoms with E-state index >= 15 is 0 Å². The molecule has 2 aromatic rings. The molecule has 1 aromatic carbocycles. The van der Waals surface area contributed by atoms with E-state index in [1.165, 1.54) is 0 Å². The van der Waals surface area contributed by atoms with Gasteiger partial charge in [0.2, 0.25) is 5.91 Å². The molecule has 0 aliphatic rings. The largest absolute Gasteiger partial charge is 0.399 e. The fourth-order valence-electron chi connectivity index (χ4n) is 1.92. The van der Waals surface area contributed by atoms with Crippen molar-refractivity contribution in [3.63, 3.8) is 0 Å². The fraction of sp³-hybridized carbons (Fsp3) is 0.429. The van der Waals surface area contributed by atoms with Gasteiger partial charge in [-0.05, 0) is 39.0 Å². The summed E-state index contributed by atoms with van der Waals surface area (Å²) in [5, 5.41) is 3.75. The number of nitrogens with zero attached hydrogens (tertiary/aromatic N) is 2. The molecular formula is C14H20N4OS.